The number of hydrogen-bond donors (Lipinski definition) is 1. The van der Waals surface area contributed by atoms with Gasteiger partial charge in [0.05, 0.1) is 25.4 Å². The Morgan fingerprint density at radius 1 is 1.24 bits per heavy atom. The molecule has 0 saturated carbocycles. The molecule has 1 saturated heterocycles. The van der Waals surface area contributed by atoms with Crippen LogP contribution in [0.1, 0.15) is 39.2 Å². The summed E-state index contributed by atoms with van der Waals surface area (Å²) in [6.07, 6.45) is 3.72. The maximum atomic E-state index is 15.2. The number of aliphatic carboxylic acids is 1. The SMILES string of the molecule is CC(C)(C)[Si](C)(C)OCc1cccc(-c2cnc(N3CC(=NOCCCC(=O)O)C3)nc2)c1F. The molecule has 2 aromatic rings. The quantitative estimate of drug-likeness (QED) is 0.290. The molecule has 2 heterocycles. The largest absolute Gasteiger partial charge is 0.481 e. The molecule has 8 nitrogen and oxygen atoms in total. The second-order valence-electron chi connectivity index (χ2n) is 9.94. The zero-order valence-corrected chi connectivity index (χ0v) is 21.5. The Hall–Kier alpha value is -2.85. The first kappa shape index (κ1) is 25.8. The summed E-state index contributed by atoms with van der Waals surface area (Å²) in [5, 5.41) is 12.7. The normalized spacial score (nSPS) is 14.1. The summed E-state index contributed by atoms with van der Waals surface area (Å²) < 4.78 is 21.4. The second-order valence-corrected chi connectivity index (χ2v) is 14.8. The van der Waals surface area contributed by atoms with Gasteiger partial charge in [-0.05, 0) is 24.6 Å². The van der Waals surface area contributed by atoms with Crippen molar-refractivity contribution >= 4 is 25.9 Å². The molecule has 3 rings (SSSR count). The first-order chi connectivity index (χ1) is 16.0. The van der Waals surface area contributed by atoms with Crippen molar-refractivity contribution in [3.05, 3.63) is 42.0 Å². The fraction of sp³-hybridized carbons (Fsp3) is 0.500. The third kappa shape index (κ3) is 6.38. The zero-order chi connectivity index (χ0) is 24.9. The predicted octanol–water partition coefficient (Wildman–Crippen LogP) is 4.86. The van der Waals surface area contributed by atoms with Gasteiger partial charge in [-0.2, -0.15) is 0 Å². The van der Waals surface area contributed by atoms with Crippen molar-refractivity contribution in [2.24, 2.45) is 5.16 Å². The Morgan fingerprint density at radius 3 is 2.53 bits per heavy atom. The van der Waals surface area contributed by atoms with E-state index in [-0.39, 0.29) is 30.5 Å². The van der Waals surface area contributed by atoms with Gasteiger partial charge in [0.1, 0.15) is 12.4 Å². The fourth-order valence-electron chi connectivity index (χ4n) is 3.03. The van der Waals surface area contributed by atoms with Gasteiger partial charge in [0.15, 0.2) is 8.32 Å². The van der Waals surface area contributed by atoms with E-state index in [9.17, 15) is 4.79 Å². The lowest BCUT2D eigenvalue weighted by Gasteiger charge is -2.36. The van der Waals surface area contributed by atoms with Crippen molar-refractivity contribution in [2.45, 2.75) is 58.4 Å². The molecule has 0 spiro atoms. The van der Waals surface area contributed by atoms with Gasteiger partial charge < -0.3 is 19.3 Å². The molecule has 1 aromatic carbocycles. The van der Waals surface area contributed by atoms with Gasteiger partial charge in [0, 0.05) is 35.5 Å². The van der Waals surface area contributed by atoms with E-state index in [0.29, 0.717) is 42.1 Å². The molecule has 1 aliphatic heterocycles. The summed E-state index contributed by atoms with van der Waals surface area (Å²) in [6, 6.07) is 5.30. The lowest BCUT2D eigenvalue weighted by Crippen LogP contribution is -2.48. The molecule has 0 bridgehead atoms. The molecule has 34 heavy (non-hydrogen) atoms. The monoisotopic (exact) mass is 488 g/mol. The maximum Gasteiger partial charge on any atom is 0.303 e. The molecular weight excluding hydrogens is 455 g/mol. The van der Waals surface area contributed by atoms with Gasteiger partial charge in [-0.1, -0.05) is 44.1 Å². The molecule has 0 radical (unpaired) electrons. The topological polar surface area (TPSA) is 97.1 Å². The smallest absolute Gasteiger partial charge is 0.303 e. The number of carboxylic acids is 1. The van der Waals surface area contributed by atoms with Crippen molar-refractivity contribution in [2.75, 3.05) is 24.6 Å². The first-order valence-corrected chi connectivity index (χ1v) is 14.3. The highest BCUT2D eigenvalue weighted by Crippen LogP contribution is 2.37. The lowest BCUT2D eigenvalue weighted by atomic mass is 10.1. The van der Waals surface area contributed by atoms with E-state index >= 15 is 4.39 Å². The number of carbonyl (C=O) groups is 1. The number of hydrogen-bond acceptors (Lipinski definition) is 7. The number of aromatic nitrogens is 2. The molecule has 184 valence electrons. The number of benzene rings is 1. The summed E-state index contributed by atoms with van der Waals surface area (Å²) in [7, 11) is -1.99. The molecule has 0 atom stereocenters. The highest BCUT2D eigenvalue weighted by atomic mass is 28.4. The third-order valence-electron chi connectivity index (χ3n) is 6.27. The van der Waals surface area contributed by atoms with Crippen LogP contribution in [0.15, 0.2) is 35.7 Å². The summed E-state index contributed by atoms with van der Waals surface area (Å²) in [6.45, 7) is 12.4. The van der Waals surface area contributed by atoms with Crippen molar-refractivity contribution in [3.63, 3.8) is 0 Å². The third-order valence-corrected chi connectivity index (χ3v) is 10.8. The minimum atomic E-state index is -1.99. The standard InChI is InChI=1S/C24H33FN4O4Si/c1-24(2,3)34(4,5)33-16-17-8-6-9-20(22(17)25)18-12-26-23(27-13-18)29-14-19(15-29)28-32-11-7-10-21(30)31/h6,8-9,12-13H,7,10-11,14-16H2,1-5H3,(H,30,31). The number of oxime groups is 1. The van der Waals surface area contributed by atoms with Gasteiger partial charge in [-0.3, -0.25) is 4.79 Å². The molecular formula is C24H33FN4O4Si. The van der Waals surface area contributed by atoms with Gasteiger partial charge >= 0.3 is 5.97 Å². The second kappa shape index (κ2) is 10.6. The van der Waals surface area contributed by atoms with Gasteiger partial charge in [-0.25, -0.2) is 14.4 Å². The van der Waals surface area contributed by atoms with Crippen LogP contribution in [0.2, 0.25) is 18.1 Å². The van der Waals surface area contributed by atoms with Gasteiger partial charge in [0.25, 0.3) is 0 Å². The fourth-order valence-corrected chi connectivity index (χ4v) is 3.98. The number of anilines is 1. The predicted molar refractivity (Wildman–Crippen MR) is 132 cm³/mol. The molecule has 0 amide bonds. The van der Waals surface area contributed by atoms with E-state index in [1.54, 1.807) is 24.5 Å². The van der Waals surface area contributed by atoms with Crippen molar-refractivity contribution in [1.82, 2.24) is 9.97 Å². The van der Waals surface area contributed by atoms with Crippen molar-refractivity contribution < 1.29 is 23.6 Å². The van der Waals surface area contributed by atoms with Crippen LogP contribution in [0.4, 0.5) is 10.3 Å². The van der Waals surface area contributed by atoms with E-state index in [2.05, 4.69) is 49.0 Å². The summed E-state index contributed by atoms with van der Waals surface area (Å²) in [5.74, 6) is -0.625. The average Bonchev–Trinajstić information content (AvgIpc) is 2.73. The highest BCUT2D eigenvalue weighted by Gasteiger charge is 2.37. The highest BCUT2D eigenvalue weighted by molar-refractivity contribution is 6.74. The van der Waals surface area contributed by atoms with Gasteiger partial charge in [-0.15, -0.1) is 0 Å². The average molecular weight is 489 g/mol. The number of halogens is 1. The Labute approximate surface area is 200 Å². The number of carboxylic acid groups (broad SMARTS) is 1. The summed E-state index contributed by atoms with van der Waals surface area (Å²) in [5.41, 5.74) is 2.41. The van der Waals surface area contributed by atoms with Crippen LogP contribution in [0.25, 0.3) is 11.1 Å². The Balaban J connectivity index is 1.58. The van der Waals surface area contributed by atoms with E-state index in [0.717, 1.165) is 5.71 Å². The molecule has 0 aliphatic carbocycles. The van der Waals surface area contributed by atoms with Crippen LogP contribution in [-0.4, -0.2) is 54.8 Å². The Bertz CT molecular complexity index is 1030. The first-order valence-electron chi connectivity index (χ1n) is 11.4. The lowest BCUT2D eigenvalue weighted by molar-refractivity contribution is -0.137. The summed E-state index contributed by atoms with van der Waals surface area (Å²) in [4.78, 5) is 26.3. The minimum absolute atomic E-state index is 0.0542. The molecule has 0 unspecified atom stereocenters. The minimum Gasteiger partial charge on any atom is -0.481 e. The van der Waals surface area contributed by atoms with Crippen LogP contribution in [0.3, 0.4) is 0 Å². The van der Waals surface area contributed by atoms with Crippen molar-refractivity contribution in [3.8, 4) is 11.1 Å². The van der Waals surface area contributed by atoms with E-state index < -0.39 is 14.3 Å². The van der Waals surface area contributed by atoms with Crippen LogP contribution in [-0.2, 0) is 20.7 Å². The Kier molecular flexibility index (Phi) is 8.03. The molecule has 10 heteroatoms. The van der Waals surface area contributed by atoms with E-state index in [4.69, 9.17) is 14.4 Å². The maximum absolute atomic E-state index is 15.2. The molecule has 1 fully saturated rings. The van der Waals surface area contributed by atoms with Crippen molar-refractivity contribution in [1.29, 1.82) is 0 Å². The molecule has 1 N–H and O–H groups in total. The summed E-state index contributed by atoms with van der Waals surface area (Å²) >= 11 is 0. The van der Waals surface area contributed by atoms with Crippen LogP contribution >= 0.6 is 0 Å². The van der Waals surface area contributed by atoms with Crippen LogP contribution in [0.5, 0.6) is 0 Å². The number of rotatable bonds is 10. The van der Waals surface area contributed by atoms with Gasteiger partial charge in [0.2, 0.25) is 5.95 Å². The van der Waals surface area contributed by atoms with E-state index in [1.807, 2.05) is 11.0 Å². The number of nitrogens with zero attached hydrogens (tertiary/aromatic N) is 4. The zero-order valence-electron chi connectivity index (χ0n) is 20.5. The van der Waals surface area contributed by atoms with Crippen LogP contribution < -0.4 is 4.90 Å². The van der Waals surface area contributed by atoms with Crippen LogP contribution in [0, 0.1) is 5.82 Å². The Morgan fingerprint density at radius 2 is 1.91 bits per heavy atom. The van der Waals surface area contributed by atoms with E-state index in [1.165, 1.54) is 0 Å². The molecule has 1 aromatic heterocycles. The molecule has 1 aliphatic rings.